The van der Waals surface area contributed by atoms with Crippen molar-refractivity contribution in [2.45, 2.75) is 17.1 Å². The van der Waals surface area contributed by atoms with Gasteiger partial charge in [-0.2, -0.15) is 0 Å². The van der Waals surface area contributed by atoms with Crippen LogP contribution in [0.1, 0.15) is 16.2 Å². The Morgan fingerprint density at radius 2 is 2.35 bits per heavy atom. The lowest BCUT2D eigenvalue weighted by atomic mass is 10.2. The van der Waals surface area contributed by atoms with Crippen molar-refractivity contribution in [3.8, 4) is 0 Å². The van der Waals surface area contributed by atoms with Crippen molar-refractivity contribution in [3.05, 3.63) is 23.7 Å². The monoisotopic (exact) mass is 251 g/mol. The highest BCUT2D eigenvalue weighted by Crippen LogP contribution is 2.24. The fraction of sp³-hybridized carbons (Fsp3) is 0.111. The summed E-state index contributed by atoms with van der Waals surface area (Å²) in [6.45, 7) is 1.77. The second-order valence-electron chi connectivity index (χ2n) is 3.22. The minimum atomic E-state index is -1.09. The Kier molecular flexibility index (Phi) is 2.96. The number of hydrogen-bond acceptors (Lipinski definition) is 6. The van der Waals surface area contributed by atoms with E-state index >= 15 is 0 Å². The van der Waals surface area contributed by atoms with Crippen molar-refractivity contribution < 1.29 is 9.90 Å². The van der Waals surface area contributed by atoms with Crippen molar-refractivity contribution in [2.75, 3.05) is 5.73 Å². The average Bonchev–Trinajstić information content (AvgIpc) is 2.66. The van der Waals surface area contributed by atoms with Gasteiger partial charge in [-0.15, -0.1) is 5.10 Å². The van der Waals surface area contributed by atoms with Gasteiger partial charge in [0.25, 0.3) is 0 Å². The van der Waals surface area contributed by atoms with Crippen LogP contribution in [0.2, 0.25) is 0 Å². The van der Waals surface area contributed by atoms with Crippen LogP contribution >= 0.6 is 11.8 Å². The van der Waals surface area contributed by atoms with E-state index in [1.165, 1.54) is 24.0 Å². The Labute approximate surface area is 100 Å². The number of nitrogen functional groups attached to an aromatic ring is 1. The number of aromatic nitrogens is 4. The van der Waals surface area contributed by atoms with Gasteiger partial charge >= 0.3 is 5.97 Å². The van der Waals surface area contributed by atoms with Crippen LogP contribution in [0.4, 0.5) is 5.69 Å². The molecule has 0 spiro atoms. The van der Waals surface area contributed by atoms with Gasteiger partial charge in [0.2, 0.25) is 5.16 Å². The van der Waals surface area contributed by atoms with Gasteiger partial charge in [-0.05, 0) is 24.8 Å². The molecular formula is C9H9N5O2S. The van der Waals surface area contributed by atoms with Gasteiger partial charge < -0.3 is 10.8 Å². The largest absolute Gasteiger partial charge is 0.478 e. The van der Waals surface area contributed by atoms with Gasteiger partial charge in [0.05, 0.1) is 17.4 Å². The van der Waals surface area contributed by atoms with Gasteiger partial charge in [0, 0.05) is 0 Å². The average molecular weight is 251 g/mol. The number of rotatable bonds is 3. The molecule has 2 rings (SSSR count). The summed E-state index contributed by atoms with van der Waals surface area (Å²) in [5.74, 6) is -0.403. The number of pyridine rings is 1. The number of H-pyrrole nitrogens is 1. The topological polar surface area (TPSA) is 118 Å². The number of aromatic amines is 1. The number of hydrogen-bond donors (Lipinski definition) is 3. The van der Waals surface area contributed by atoms with Crippen LogP contribution < -0.4 is 5.73 Å². The van der Waals surface area contributed by atoms with Gasteiger partial charge in [-0.3, -0.25) is 5.10 Å². The highest BCUT2D eigenvalue weighted by Gasteiger charge is 2.11. The molecule has 0 unspecified atom stereocenters. The lowest BCUT2D eigenvalue weighted by Gasteiger charge is -2.01. The Hall–Kier alpha value is -2.09. The van der Waals surface area contributed by atoms with E-state index in [0.717, 1.165) is 0 Å². The van der Waals surface area contributed by atoms with Crippen molar-refractivity contribution in [1.29, 1.82) is 0 Å². The molecule has 0 fully saturated rings. The number of carboxylic acid groups (broad SMARTS) is 1. The third-order valence-electron chi connectivity index (χ3n) is 1.91. The molecule has 0 radical (unpaired) electrons. The van der Waals surface area contributed by atoms with Gasteiger partial charge in [-0.25, -0.2) is 14.8 Å². The minimum Gasteiger partial charge on any atom is -0.478 e. The minimum absolute atomic E-state index is 0.0229. The number of nitrogens with one attached hydrogen (secondary N) is 1. The molecule has 8 heteroatoms. The number of carboxylic acids is 1. The Balaban J connectivity index is 2.28. The summed E-state index contributed by atoms with van der Waals surface area (Å²) in [5.41, 5.74) is 5.65. The summed E-state index contributed by atoms with van der Waals surface area (Å²) in [5, 5.41) is 16.5. The third-order valence-corrected chi connectivity index (χ3v) is 2.71. The quantitative estimate of drug-likeness (QED) is 0.742. The summed E-state index contributed by atoms with van der Waals surface area (Å²) in [4.78, 5) is 19.0. The predicted octanol–water partition coefficient (Wildman–Crippen LogP) is 0.940. The summed E-state index contributed by atoms with van der Waals surface area (Å²) >= 11 is 1.17. The number of nitrogens with two attached hydrogens (primary N) is 1. The first kappa shape index (κ1) is 11.4. The summed E-state index contributed by atoms with van der Waals surface area (Å²) in [7, 11) is 0. The van der Waals surface area contributed by atoms with E-state index in [1.54, 1.807) is 6.92 Å². The van der Waals surface area contributed by atoms with Crippen molar-refractivity contribution in [1.82, 2.24) is 20.2 Å². The van der Waals surface area contributed by atoms with Crippen LogP contribution in [0.5, 0.6) is 0 Å². The predicted molar refractivity (Wildman–Crippen MR) is 60.9 cm³/mol. The first-order valence-corrected chi connectivity index (χ1v) is 5.43. The highest BCUT2D eigenvalue weighted by molar-refractivity contribution is 7.99. The highest BCUT2D eigenvalue weighted by atomic mass is 32.2. The van der Waals surface area contributed by atoms with Gasteiger partial charge in [0.15, 0.2) is 0 Å². The molecule has 0 bridgehead atoms. The normalized spacial score (nSPS) is 10.4. The van der Waals surface area contributed by atoms with E-state index in [0.29, 0.717) is 16.0 Å². The van der Waals surface area contributed by atoms with Crippen LogP contribution in [0.15, 0.2) is 22.4 Å². The Bertz CT molecular complexity index is 568. The maximum atomic E-state index is 10.9. The Morgan fingerprint density at radius 1 is 1.59 bits per heavy atom. The lowest BCUT2D eigenvalue weighted by molar-refractivity contribution is 0.0697. The number of aryl methyl sites for hydroxylation is 1. The molecule has 88 valence electrons. The number of anilines is 1. The molecule has 17 heavy (non-hydrogen) atoms. The maximum absolute atomic E-state index is 10.9. The molecule has 2 heterocycles. The molecule has 2 aromatic heterocycles. The van der Waals surface area contributed by atoms with Gasteiger partial charge in [-0.1, -0.05) is 0 Å². The second kappa shape index (κ2) is 4.42. The smallest absolute Gasteiger partial charge is 0.337 e. The van der Waals surface area contributed by atoms with E-state index in [-0.39, 0.29) is 11.3 Å². The lowest BCUT2D eigenvalue weighted by Crippen LogP contribution is -2.03. The van der Waals surface area contributed by atoms with Crippen LogP contribution in [0.25, 0.3) is 0 Å². The molecule has 2 aromatic rings. The molecule has 0 aliphatic rings. The SMILES string of the molecule is Cc1nc(Sc2cc(C(=O)O)c(N)cn2)n[nH]1. The molecule has 7 nitrogen and oxygen atoms in total. The fourth-order valence-electron chi connectivity index (χ4n) is 1.15. The van der Waals surface area contributed by atoms with E-state index in [2.05, 4.69) is 20.2 Å². The summed E-state index contributed by atoms with van der Waals surface area (Å²) < 4.78 is 0. The third kappa shape index (κ3) is 2.53. The zero-order valence-electron chi connectivity index (χ0n) is 8.84. The van der Waals surface area contributed by atoms with E-state index < -0.39 is 5.97 Å². The zero-order chi connectivity index (χ0) is 12.4. The number of carbonyl (C=O) groups is 1. The molecular weight excluding hydrogens is 242 g/mol. The van der Waals surface area contributed by atoms with E-state index in [4.69, 9.17) is 10.8 Å². The van der Waals surface area contributed by atoms with Crippen LogP contribution in [-0.2, 0) is 0 Å². The zero-order valence-corrected chi connectivity index (χ0v) is 9.65. The molecule has 0 atom stereocenters. The second-order valence-corrected chi connectivity index (χ2v) is 4.21. The van der Waals surface area contributed by atoms with Crippen LogP contribution in [-0.4, -0.2) is 31.2 Å². The molecule has 0 aliphatic carbocycles. The fourth-order valence-corrected chi connectivity index (χ4v) is 1.89. The maximum Gasteiger partial charge on any atom is 0.337 e. The van der Waals surface area contributed by atoms with Crippen LogP contribution in [0.3, 0.4) is 0 Å². The number of nitrogens with zero attached hydrogens (tertiary/aromatic N) is 3. The molecule has 0 saturated carbocycles. The van der Waals surface area contributed by atoms with E-state index in [9.17, 15) is 4.79 Å². The van der Waals surface area contributed by atoms with Crippen LogP contribution in [0, 0.1) is 6.92 Å². The molecule has 4 N–H and O–H groups in total. The molecule has 0 aromatic carbocycles. The van der Waals surface area contributed by atoms with Crippen molar-refractivity contribution >= 4 is 23.4 Å². The van der Waals surface area contributed by atoms with Crippen molar-refractivity contribution in [2.24, 2.45) is 0 Å². The molecule has 0 amide bonds. The standard InChI is InChI=1S/C9H9N5O2S/c1-4-12-9(14-13-4)17-7-2-5(8(15)16)6(10)3-11-7/h2-3H,10H2,1H3,(H,15,16)(H,12,13,14). The van der Waals surface area contributed by atoms with Crippen molar-refractivity contribution in [3.63, 3.8) is 0 Å². The molecule has 0 aliphatic heterocycles. The van der Waals surface area contributed by atoms with Gasteiger partial charge in [0.1, 0.15) is 10.9 Å². The van der Waals surface area contributed by atoms with E-state index in [1.807, 2.05) is 0 Å². The number of aromatic carboxylic acids is 1. The summed E-state index contributed by atoms with van der Waals surface area (Å²) in [6, 6.07) is 1.40. The molecule has 0 saturated heterocycles. The first-order valence-electron chi connectivity index (χ1n) is 4.62. The first-order chi connectivity index (χ1) is 8.06. The summed E-state index contributed by atoms with van der Waals surface area (Å²) in [6.07, 6.45) is 1.31. The Morgan fingerprint density at radius 3 is 2.94 bits per heavy atom.